The number of nitrogens with zero attached hydrogens (tertiary/aromatic N) is 5. The maximum Gasteiger partial charge on any atom is 0.123 e. The summed E-state index contributed by atoms with van der Waals surface area (Å²) in [5.41, 5.74) is 14.7. The molecular formula is C49H36FN7S. The summed E-state index contributed by atoms with van der Waals surface area (Å²) in [4.78, 5) is 4.51. The van der Waals surface area contributed by atoms with Gasteiger partial charge in [-0.15, -0.1) is 5.10 Å². The molecule has 0 spiro atoms. The van der Waals surface area contributed by atoms with Crippen LogP contribution in [0.4, 0.5) is 49.9 Å². The molecule has 9 heteroatoms. The quantitative estimate of drug-likeness (QED) is 0.134. The van der Waals surface area contributed by atoms with Crippen LogP contribution in [-0.4, -0.2) is 15.0 Å². The molecule has 9 aromatic rings. The Labute approximate surface area is 340 Å². The average molecular weight is 774 g/mol. The molecule has 2 heterocycles. The van der Waals surface area contributed by atoms with Gasteiger partial charge in [0.25, 0.3) is 0 Å². The van der Waals surface area contributed by atoms with Gasteiger partial charge in [-0.3, -0.25) is 0 Å². The zero-order valence-corrected chi connectivity index (χ0v) is 32.0. The number of halogens is 1. The second-order valence-electron chi connectivity index (χ2n) is 14.0. The van der Waals surface area contributed by atoms with Crippen LogP contribution >= 0.6 is 12.1 Å². The van der Waals surface area contributed by atoms with Crippen LogP contribution in [0.2, 0.25) is 0 Å². The van der Waals surface area contributed by atoms with Gasteiger partial charge in [0.05, 0.1) is 35.6 Å². The molecule has 0 radical (unpaired) electrons. The van der Waals surface area contributed by atoms with Gasteiger partial charge in [-0.2, -0.15) is 0 Å². The molecule has 0 unspecified atom stereocenters. The van der Waals surface area contributed by atoms with Gasteiger partial charge < -0.3 is 19.2 Å². The van der Waals surface area contributed by atoms with Crippen LogP contribution in [0.3, 0.4) is 0 Å². The molecule has 0 fully saturated rings. The molecule has 280 valence electrons. The van der Waals surface area contributed by atoms with Crippen molar-refractivity contribution in [2.45, 2.75) is 6.54 Å². The van der Waals surface area contributed by atoms with Crippen LogP contribution in [0, 0.1) is 5.82 Å². The maximum absolute atomic E-state index is 14.0. The first-order valence-electron chi connectivity index (χ1n) is 19.1. The molecule has 0 atom stereocenters. The number of fused-ring (bicyclic) bond motifs is 2. The van der Waals surface area contributed by atoms with Crippen molar-refractivity contribution >= 4 is 68.7 Å². The monoisotopic (exact) mass is 773 g/mol. The highest BCUT2D eigenvalue weighted by Gasteiger charge is 2.29. The molecule has 10 rings (SSSR count). The zero-order chi connectivity index (χ0) is 38.8. The Bertz CT molecular complexity index is 2740. The lowest BCUT2D eigenvalue weighted by Crippen LogP contribution is -2.09. The fourth-order valence-electron chi connectivity index (χ4n) is 7.74. The number of hydrogen-bond donors (Lipinski definition) is 2. The van der Waals surface area contributed by atoms with Gasteiger partial charge >= 0.3 is 0 Å². The number of para-hydroxylation sites is 4. The van der Waals surface area contributed by atoms with E-state index in [0.29, 0.717) is 6.54 Å². The van der Waals surface area contributed by atoms with Crippen molar-refractivity contribution in [2.75, 3.05) is 19.2 Å². The van der Waals surface area contributed by atoms with Crippen LogP contribution in [0.5, 0.6) is 0 Å². The third-order valence-electron chi connectivity index (χ3n) is 10.4. The number of rotatable bonds is 10. The van der Waals surface area contributed by atoms with Gasteiger partial charge in [0.2, 0.25) is 0 Å². The van der Waals surface area contributed by atoms with Crippen molar-refractivity contribution in [1.82, 2.24) is 15.0 Å². The number of benzene rings is 8. The van der Waals surface area contributed by atoms with Gasteiger partial charge in [-0.25, -0.2) is 9.07 Å². The van der Waals surface area contributed by atoms with Gasteiger partial charge in [-0.1, -0.05) is 114 Å². The first kappa shape index (κ1) is 35.1. The van der Waals surface area contributed by atoms with Crippen LogP contribution in [0.1, 0.15) is 5.56 Å². The fraction of sp³-hybridized carbons (Fsp3) is 0.0204. The summed E-state index contributed by atoms with van der Waals surface area (Å²) in [6, 6.07) is 65.4. The van der Waals surface area contributed by atoms with E-state index in [9.17, 15) is 4.39 Å². The molecule has 7 nitrogen and oxygen atoms in total. The SMILES string of the molecule is Fc1ccc(Cn2nnc3c(-c4ccc(N(c5ccccc5)c5ccccc5)cc4)c4c(c(-c5ccc(N(c6ccccc6)c6ccccc6)cc5)c32)NSN4)cc1. The van der Waals surface area contributed by atoms with E-state index in [4.69, 9.17) is 10.3 Å². The summed E-state index contributed by atoms with van der Waals surface area (Å²) in [5.74, 6) is -0.276. The molecule has 1 aliphatic rings. The number of nitrogens with one attached hydrogen (secondary N) is 2. The minimum atomic E-state index is -0.276. The van der Waals surface area contributed by atoms with Gasteiger partial charge in [-0.05, 0) is 102 Å². The van der Waals surface area contributed by atoms with Crippen LogP contribution in [0.15, 0.2) is 194 Å². The Morgan fingerprint density at radius 3 is 1.31 bits per heavy atom. The smallest absolute Gasteiger partial charge is 0.123 e. The highest BCUT2D eigenvalue weighted by Crippen LogP contribution is 2.52. The Morgan fingerprint density at radius 2 is 0.862 bits per heavy atom. The summed E-state index contributed by atoms with van der Waals surface area (Å²) < 4.78 is 23.1. The second-order valence-corrected chi connectivity index (χ2v) is 14.6. The van der Waals surface area contributed by atoms with E-state index in [0.717, 1.165) is 84.3 Å². The first-order valence-corrected chi connectivity index (χ1v) is 19.9. The van der Waals surface area contributed by atoms with Gasteiger partial charge in [0.1, 0.15) is 11.3 Å². The standard InChI is InChI=1S/C49H36FN7S/c50-37-27-21-34(22-28-37)33-55-49-45(36-25-31-43(32-26-36)57(40-17-9-3-10-18-40)41-19-11-4-12-20-41)47-46(52-58-53-47)44(48(49)51-54-55)35-23-29-42(30-24-35)56(38-13-5-1-6-14-38)39-15-7-2-8-16-39/h1-32,52-53H,33H2. The van der Waals surface area contributed by atoms with E-state index < -0.39 is 0 Å². The molecule has 1 aliphatic heterocycles. The number of anilines is 8. The van der Waals surface area contributed by atoms with Crippen molar-refractivity contribution in [1.29, 1.82) is 0 Å². The topological polar surface area (TPSA) is 61.3 Å². The molecule has 58 heavy (non-hydrogen) atoms. The fourth-order valence-corrected chi connectivity index (χ4v) is 8.40. The van der Waals surface area contributed by atoms with Crippen molar-refractivity contribution in [2.24, 2.45) is 0 Å². The van der Waals surface area contributed by atoms with Crippen LogP contribution in [0.25, 0.3) is 33.3 Å². The van der Waals surface area contributed by atoms with E-state index >= 15 is 0 Å². The number of hydrogen-bond acceptors (Lipinski definition) is 7. The average Bonchev–Trinajstić information content (AvgIpc) is 3.94. The Kier molecular flexibility index (Phi) is 9.25. The summed E-state index contributed by atoms with van der Waals surface area (Å²) in [5, 5.41) is 9.66. The van der Waals surface area contributed by atoms with E-state index in [2.05, 4.69) is 165 Å². The number of aromatic nitrogens is 3. The van der Waals surface area contributed by atoms with Gasteiger partial charge in [0, 0.05) is 45.3 Å². The van der Waals surface area contributed by atoms with E-state index in [-0.39, 0.29) is 5.82 Å². The summed E-state index contributed by atoms with van der Waals surface area (Å²) in [7, 11) is 0. The predicted molar refractivity (Wildman–Crippen MR) is 238 cm³/mol. The highest BCUT2D eigenvalue weighted by atomic mass is 32.2. The minimum Gasteiger partial charge on any atom is -0.311 e. The van der Waals surface area contributed by atoms with E-state index in [1.54, 1.807) is 12.1 Å². The highest BCUT2D eigenvalue weighted by molar-refractivity contribution is 8.02. The van der Waals surface area contributed by atoms with Crippen molar-refractivity contribution in [3.8, 4) is 22.3 Å². The van der Waals surface area contributed by atoms with Crippen LogP contribution < -0.4 is 19.2 Å². The molecule has 2 N–H and O–H groups in total. The summed E-state index contributed by atoms with van der Waals surface area (Å²) in [6.45, 7) is 0.415. The summed E-state index contributed by atoms with van der Waals surface area (Å²) >= 11 is 1.44. The lowest BCUT2D eigenvalue weighted by molar-refractivity contribution is 0.624. The van der Waals surface area contributed by atoms with Gasteiger partial charge in [0.15, 0.2) is 0 Å². The van der Waals surface area contributed by atoms with Crippen molar-refractivity contribution < 1.29 is 4.39 Å². The Morgan fingerprint density at radius 1 is 0.466 bits per heavy atom. The third-order valence-corrected chi connectivity index (χ3v) is 11.0. The lowest BCUT2D eigenvalue weighted by Gasteiger charge is -2.26. The van der Waals surface area contributed by atoms with Crippen molar-refractivity contribution in [3.63, 3.8) is 0 Å². The molecule has 0 saturated heterocycles. The van der Waals surface area contributed by atoms with Crippen LogP contribution in [-0.2, 0) is 6.54 Å². The summed E-state index contributed by atoms with van der Waals surface area (Å²) in [6.07, 6.45) is 0. The molecule has 0 bridgehead atoms. The minimum absolute atomic E-state index is 0.276. The normalized spacial score (nSPS) is 11.8. The molecular weight excluding hydrogens is 738 g/mol. The maximum atomic E-state index is 14.0. The molecule has 1 aromatic heterocycles. The molecule has 0 saturated carbocycles. The molecule has 0 aliphatic carbocycles. The second kappa shape index (κ2) is 15.3. The van der Waals surface area contributed by atoms with E-state index in [1.807, 2.05) is 28.9 Å². The van der Waals surface area contributed by atoms with E-state index in [1.165, 1.54) is 24.3 Å². The Hall–Kier alpha value is -7.36. The first-order chi connectivity index (χ1) is 28.7. The third kappa shape index (κ3) is 6.57. The molecule has 8 aromatic carbocycles. The lowest BCUT2D eigenvalue weighted by atomic mass is 9.93. The Balaban J connectivity index is 1.12. The molecule has 0 amide bonds. The predicted octanol–water partition coefficient (Wildman–Crippen LogP) is 13.3. The zero-order valence-electron chi connectivity index (χ0n) is 31.2. The van der Waals surface area contributed by atoms with Crippen molar-refractivity contribution in [3.05, 3.63) is 206 Å². The largest absolute Gasteiger partial charge is 0.311 e.